The van der Waals surface area contributed by atoms with Gasteiger partial charge < -0.3 is 19.5 Å². The molecule has 154 valence electrons. The molecule has 1 N–H and O–H groups in total. The second-order valence-corrected chi connectivity index (χ2v) is 7.24. The lowest BCUT2D eigenvalue weighted by atomic mass is 10.1. The molecule has 0 aliphatic carbocycles. The summed E-state index contributed by atoms with van der Waals surface area (Å²) in [7, 11) is 0. The molecule has 0 fully saturated rings. The molecule has 1 atom stereocenters. The van der Waals surface area contributed by atoms with Crippen molar-refractivity contribution in [2.75, 3.05) is 18.5 Å². The van der Waals surface area contributed by atoms with Gasteiger partial charge in [0.05, 0.1) is 6.42 Å². The third kappa shape index (κ3) is 6.08. The summed E-state index contributed by atoms with van der Waals surface area (Å²) >= 11 is 0.418. The predicted octanol–water partition coefficient (Wildman–Crippen LogP) is 3.89. The van der Waals surface area contributed by atoms with E-state index in [1.165, 1.54) is 31.2 Å². The molecule has 9 heteroatoms. The zero-order valence-electron chi connectivity index (χ0n) is 15.5. The van der Waals surface area contributed by atoms with Crippen molar-refractivity contribution in [2.45, 2.75) is 30.1 Å². The quantitative estimate of drug-likeness (QED) is 0.538. The number of hydrogen-bond acceptors (Lipinski definition) is 6. The number of hydrogen-bond donors (Lipinski definition) is 1. The van der Waals surface area contributed by atoms with Crippen LogP contribution in [0.2, 0.25) is 0 Å². The number of rotatable bonds is 7. The largest absolute Gasteiger partial charge is 0.486 e. The Morgan fingerprint density at radius 2 is 1.79 bits per heavy atom. The molecular formula is C20H19F2NO5S. The van der Waals surface area contributed by atoms with Crippen LogP contribution in [-0.4, -0.2) is 37.0 Å². The Morgan fingerprint density at radius 3 is 2.48 bits per heavy atom. The molecule has 1 amide bonds. The number of alkyl halides is 2. The summed E-state index contributed by atoms with van der Waals surface area (Å²) in [5.74, 6) is -2.40. The number of benzene rings is 2. The summed E-state index contributed by atoms with van der Waals surface area (Å²) < 4.78 is 40.7. The number of fused-ring (bicyclic) bond motifs is 1. The third-order valence-electron chi connectivity index (χ3n) is 3.98. The Labute approximate surface area is 170 Å². The highest BCUT2D eigenvalue weighted by atomic mass is 32.2. The molecule has 0 bridgehead atoms. The molecular weight excluding hydrogens is 404 g/mol. The molecule has 0 saturated heterocycles. The van der Waals surface area contributed by atoms with Gasteiger partial charge in [-0.15, -0.1) is 0 Å². The summed E-state index contributed by atoms with van der Waals surface area (Å²) in [6.45, 7) is 2.38. The number of carbonyl (C=O) groups is 2. The molecule has 3 rings (SSSR count). The van der Waals surface area contributed by atoms with E-state index in [-0.39, 0.29) is 6.42 Å². The van der Waals surface area contributed by atoms with Crippen LogP contribution in [-0.2, 0) is 20.7 Å². The standard InChI is InChI=1S/C20H19F2NO5S/c1-12(19(25)23-14-3-5-15(6-4-14)29-20(21)22)28-18(24)11-13-2-7-16-17(10-13)27-9-8-26-16/h2-7,10,12,20H,8-9,11H2,1H3,(H,23,25)/t12-/m0/s1. The number of esters is 1. The van der Waals surface area contributed by atoms with Gasteiger partial charge in [0.15, 0.2) is 17.6 Å². The molecule has 0 spiro atoms. The van der Waals surface area contributed by atoms with Crippen molar-refractivity contribution in [3.63, 3.8) is 0 Å². The Hall–Kier alpha value is -2.81. The second kappa shape index (κ2) is 9.60. The fourth-order valence-corrected chi connectivity index (χ4v) is 3.12. The molecule has 2 aromatic carbocycles. The van der Waals surface area contributed by atoms with E-state index >= 15 is 0 Å². The van der Waals surface area contributed by atoms with E-state index in [1.54, 1.807) is 18.2 Å². The maximum Gasteiger partial charge on any atom is 0.311 e. The van der Waals surface area contributed by atoms with E-state index in [9.17, 15) is 18.4 Å². The highest BCUT2D eigenvalue weighted by Crippen LogP contribution is 2.31. The average molecular weight is 423 g/mol. The predicted molar refractivity (Wildman–Crippen MR) is 104 cm³/mol. The van der Waals surface area contributed by atoms with Crippen LogP contribution >= 0.6 is 11.8 Å². The molecule has 1 aliphatic rings. The Bertz CT molecular complexity index is 876. The van der Waals surface area contributed by atoms with Gasteiger partial charge in [-0.25, -0.2) is 0 Å². The molecule has 0 unspecified atom stereocenters. The van der Waals surface area contributed by atoms with E-state index in [4.69, 9.17) is 14.2 Å². The monoisotopic (exact) mass is 423 g/mol. The maximum atomic E-state index is 12.3. The van der Waals surface area contributed by atoms with Crippen molar-refractivity contribution in [3.05, 3.63) is 48.0 Å². The van der Waals surface area contributed by atoms with Crippen LogP contribution < -0.4 is 14.8 Å². The molecule has 0 radical (unpaired) electrons. The van der Waals surface area contributed by atoms with Crippen molar-refractivity contribution in [3.8, 4) is 11.5 Å². The highest BCUT2D eigenvalue weighted by molar-refractivity contribution is 7.99. The Balaban J connectivity index is 1.50. The van der Waals surface area contributed by atoms with Crippen LogP contribution in [0.15, 0.2) is 47.4 Å². The van der Waals surface area contributed by atoms with E-state index in [0.717, 1.165) is 0 Å². The minimum absolute atomic E-state index is 0.0200. The summed E-state index contributed by atoms with van der Waals surface area (Å²) in [4.78, 5) is 24.7. The lowest BCUT2D eigenvalue weighted by molar-refractivity contribution is -0.152. The van der Waals surface area contributed by atoms with Crippen molar-refractivity contribution in [1.29, 1.82) is 0 Å². The van der Waals surface area contributed by atoms with Gasteiger partial charge in [0.25, 0.3) is 11.7 Å². The van der Waals surface area contributed by atoms with Gasteiger partial charge >= 0.3 is 5.97 Å². The number of carbonyl (C=O) groups excluding carboxylic acids is 2. The van der Waals surface area contributed by atoms with Crippen molar-refractivity contribution in [1.82, 2.24) is 0 Å². The smallest absolute Gasteiger partial charge is 0.311 e. The topological polar surface area (TPSA) is 73.9 Å². The maximum absolute atomic E-state index is 12.3. The van der Waals surface area contributed by atoms with E-state index in [2.05, 4.69) is 5.32 Å². The molecule has 0 aromatic heterocycles. The zero-order chi connectivity index (χ0) is 20.8. The highest BCUT2D eigenvalue weighted by Gasteiger charge is 2.19. The number of nitrogens with one attached hydrogen (secondary N) is 1. The molecule has 0 saturated carbocycles. The summed E-state index contributed by atoms with van der Waals surface area (Å²) in [6, 6.07) is 11.1. The van der Waals surface area contributed by atoms with E-state index < -0.39 is 23.7 Å². The number of amides is 1. The first kappa shape index (κ1) is 20.9. The van der Waals surface area contributed by atoms with Gasteiger partial charge in [-0.3, -0.25) is 9.59 Å². The van der Waals surface area contributed by atoms with Gasteiger partial charge in [-0.05, 0) is 48.9 Å². The van der Waals surface area contributed by atoms with Crippen molar-refractivity contribution in [2.24, 2.45) is 0 Å². The minimum Gasteiger partial charge on any atom is -0.486 e. The Kier molecular flexibility index (Phi) is 6.92. The molecule has 1 heterocycles. The normalized spacial score (nSPS) is 13.7. The SMILES string of the molecule is C[C@H](OC(=O)Cc1ccc2c(c1)OCCO2)C(=O)Nc1ccc(SC(F)F)cc1. The van der Waals surface area contributed by atoms with Gasteiger partial charge in [0, 0.05) is 10.6 Å². The Morgan fingerprint density at radius 1 is 1.10 bits per heavy atom. The zero-order valence-corrected chi connectivity index (χ0v) is 16.3. The number of anilines is 1. The summed E-state index contributed by atoms with van der Waals surface area (Å²) in [5, 5.41) is 2.58. The van der Waals surface area contributed by atoms with Crippen LogP contribution in [0.4, 0.5) is 14.5 Å². The van der Waals surface area contributed by atoms with Gasteiger partial charge in [0.1, 0.15) is 13.2 Å². The van der Waals surface area contributed by atoms with Crippen LogP contribution in [0, 0.1) is 0 Å². The third-order valence-corrected chi connectivity index (χ3v) is 4.70. The van der Waals surface area contributed by atoms with Crippen LogP contribution in [0.3, 0.4) is 0 Å². The fourth-order valence-electron chi connectivity index (χ4n) is 2.62. The van der Waals surface area contributed by atoms with E-state index in [0.29, 0.717) is 52.6 Å². The minimum atomic E-state index is -2.51. The molecule has 29 heavy (non-hydrogen) atoms. The summed E-state index contributed by atoms with van der Waals surface area (Å²) in [5.41, 5.74) is 1.10. The van der Waals surface area contributed by atoms with Crippen molar-refractivity contribution >= 4 is 29.3 Å². The number of ether oxygens (including phenoxy) is 3. The van der Waals surface area contributed by atoms with Crippen LogP contribution in [0.25, 0.3) is 0 Å². The molecule has 2 aromatic rings. The first-order valence-electron chi connectivity index (χ1n) is 8.84. The van der Waals surface area contributed by atoms with Crippen LogP contribution in [0.1, 0.15) is 12.5 Å². The average Bonchev–Trinajstić information content (AvgIpc) is 2.68. The first-order valence-corrected chi connectivity index (χ1v) is 9.72. The first-order chi connectivity index (χ1) is 13.9. The van der Waals surface area contributed by atoms with Crippen LogP contribution in [0.5, 0.6) is 11.5 Å². The van der Waals surface area contributed by atoms with Gasteiger partial charge in [-0.1, -0.05) is 17.8 Å². The summed E-state index contributed by atoms with van der Waals surface area (Å²) in [6.07, 6.45) is -1.04. The fraction of sp³-hybridized carbons (Fsp3) is 0.300. The van der Waals surface area contributed by atoms with Crippen molar-refractivity contribution < 1.29 is 32.6 Å². The lowest BCUT2D eigenvalue weighted by Gasteiger charge is -2.19. The second-order valence-electron chi connectivity index (χ2n) is 6.18. The van der Waals surface area contributed by atoms with Gasteiger partial charge in [-0.2, -0.15) is 8.78 Å². The molecule has 1 aliphatic heterocycles. The number of thioether (sulfide) groups is 1. The van der Waals surface area contributed by atoms with Gasteiger partial charge in [0.2, 0.25) is 0 Å². The molecule has 6 nitrogen and oxygen atoms in total. The lowest BCUT2D eigenvalue weighted by Crippen LogP contribution is -2.30. The number of halogens is 2. The van der Waals surface area contributed by atoms with E-state index in [1.807, 2.05) is 0 Å².